The Morgan fingerprint density at radius 1 is 1.44 bits per heavy atom. The van der Waals surface area contributed by atoms with Gasteiger partial charge >= 0.3 is 5.97 Å². The molecule has 0 bridgehead atoms. The van der Waals surface area contributed by atoms with Crippen LogP contribution in [0.5, 0.6) is 0 Å². The van der Waals surface area contributed by atoms with E-state index in [4.69, 9.17) is 0 Å². The first-order chi connectivity index (χ1) is 7.41. The standard InChI is InChI=1S/C12H15FO3/c1-12(2,11(15)16-3)10(14)8-6-4-5-7-9(8)13/h4-7,10,14H,1-3H3/t10-/m0/s1. The summed E-state index contributed by atoms with van der Waals surface area (Å²) in [6, 6.07) is 5.82. The number of carbonyl (C=O) groups excluding carboxylic acids is 1. The maximum Gasteiger partial charge on any atom is 0.314 e. The van der Waals surface area contributed by atoms with E-state index in [0.717, 1.165) is 0 Å². The van der Waals surface area contributed by atoms with E-state index in [1.807, 2.05) is 0 Å². The summed E-state index contributed by atoms with van der Waals surface area (Å²) < 4.78 is 18.0. The fraction of sp³-hybridized carbons (Fsp3) is 0.417. The highest BCUT2D eigenvalue weighted by Gasteiger charge is 2.38. The molecule has 1 aromatic rings. The summed E-state index contributed by atoms with van der Waals surface area (Å²) in [5.41, 5.74) is -1.09. The lowest BCUT2D eigenvalue weighted by Crippen LogP contribution is -2.33. The van der Waals surface area contributed by atoms with Crippen LogP contribution in [0.3, 0.4) is 0 Å². The van der Waals surface area contributed by atoms with E-state index >= 15 is 0 Å². The number of ether oxygens (including phenoxy) is 1. The average Bonchev–Trinajstić information content (AvgIpc) is 2.27. The lowest BCUT2D eigenvalue weighted by molar-refractivity contribution is -0.157. The molecule has 0 aliphatic rings. The smallest absolute Gasteiger partial charge is 0.314 e. The van der Waals surface area contributed by atoms with E-state index in [1.165, 1.54) is 39.2 Å². The third-order valence-electron chi connectivity index (χ3n) is 2.59. The Morgan fingerprint density at radius 2 is 2.00 bits per heavy atom. The van der Waals surface area contributed by atoms with Crippen LogP contribution in [0.15, 0.2) is 24.3 Å². The topological polar surface area (TPSA) is 46.5 Å². The molecular weight excluding hydrogens is 211 g/mol. The van der Waals surface area contributed by atoms with Gasteiger partial charge < -0.3 is 9.84 Å². The molecule has 0 saturated carbocycles. The van der Waals surface area contributed by atoms with E-state index in [1.54, 1.807) is 6.07 Å². The highest BCUT2D eigenvalue weighted by atomic mass is 19.1. The van der Waals surface area contributed by atoms with Crippen molar-refractivity contribution in [1.82, 2.24) is 0 Å². The molecule has 0 fully saturated rings. The molecule has 0 aromatic heterocycles. The third kappa shape index (κ3) is 2.22. The third-order valence-corrected chi connectivity index (χ3v) is 2.59. The Labute approximate surface area is 93.9 Å². The number of halogens is 1. The van der Waals surface area contributed by atoms with Gasteiger partial charge in [-0.1, -0.05) is 18.2 Å². The molecule has 0 amide bonds. The average molecular weight is 226 g/mol. The summed E-state index contributed by atoms with van der Waals surface area (Å²) in [6.07, 6.45) is -1.24. The van der Waals surface area contributed by atoms with Gasteiger partial charge in [-0.2, -0.15) is 0 Å². The fourth-order valence-electron chi connectivity index (χ4n) is 1.46. The van der Waals surface area contributed by atoms with Crippen LogP contribution in [0.1, 0.15) is 25.5 Å². The minimum atomic E-state index is -1.24. The van der Waals surface area contributed by atoms with Gasteiger partial charge in [-0.15, -0.1) is 0 Å². The highest BCUT2D eigenvalue weighted by Crippen LogP contribution is 2.35. The molecule has 1 N–H and O–H groups in total. The van der Waals surface area contributed by atoms with Crippen molar-refractivity contribution in [3.8, 4) is 0 Å². The number of hydrogen-bond donors (Lipinski definition) is 1. The van der Waals surface area contributed by atoms with Crippen molar-refractivity contribution in [2.45, 2.75) is 20.0 Å². The quantitative estimate of drug-likeness (QED) is 0.802. The van der Waals surface area contributed by atoms with Crippen molar-refractivity contribution in [3.63, 3.8) is 0 Å². The second-order valence-electron chi connectivity index (χ2n) is 4.14. The maximum absolute atomic E-state index is 13.4. The zero-order valence-corrected chi connectivity index (χ0v) is 9.53. The molecule has 0 radical (unpaired) electrons. The molecule has 1 aromatic carbocycles. The minimum Gasteiger partial charge on any atom is -0.469 e. The maximum atomic E-state index is 13.4. The van der Waals surface area contributed by atoms with Crippen LogP contribution in [-0.4, -0.2) is 18.2 Å². The van der Waals surface area contributed by atoms with Crippen molar-refractivity contribution < 1.29 is 19.0 Å². The van der Waals surface area contributed by atoms with Crippen LogP contribution < -0.4 is 0 Å². The first kappa shape index (κ1) is 12.6. The molecule has 16 heavy (non-hydrogen) atoms. The van der Waals surface area contributed by atoms with Crippen LogP contribution in [0.2, 0.25) is 0 Å². The summed E-state index contributed by atoms with van der Waals surface area (Å²) in [5.74, 6) is -1.12. The molecule has 0 saturated heterocycles. The Kier molecular flexibility index (Phi) is 3.65. The van der Waals surface area contributed by atoms with Gasteiger partial charge in [-0.25, -0.2) is 4.39 Å². The van der Waals surface area contributed by atoms with Gasteiger partial charge in [0.05, 0.1) is 18.6 Å². The molecule has 0 heterocycles. The van der Waals surface area contributed by atoms with Gasteiger partial charge in [-0.05, 0) is 19.9 Å². The molecule has 0 aliphatic heterocycles. The zero-order chi connectivity index (χ0) is 12.3. The molecule has 0 aliphatic carbocycles. The van der Waals surface area contributed by atoms with Crippen LogP contribution in [-0.2, 0) is 9.53 Å². The molecule has 1 rings (SSSR count). The molecular formula is C12H15FO3. The molecule has 4 heteroatoms. The number of rotatable bonds is 3. The van der Waals surface area contributed by atoms with Crippen molar-refractivity contribution in [3.05, 3.63) is 35.6 Å². The van der Waals surface area contributed by atoms with Gasteiger partial charge in [0.1, 0.15) is 5.82 Å². The number of methoxy groups -OCH3 is 1. The van der Waals surface area contributed by atoms with E-state index in [-0.39, 0.29) is 5.56 Å². The van der Waals surface area contributed by atoms with Crippen LogP contribution in [0.25, 0.3) is 0 Å². The van der Waals surface area contributed by atoms with Gasteiger partial charge in [0.25, 0.3) is 0 Å². The van der Waals surface area contributed by atoms with Crippen molar-refractivity contribution >= 4 is 5.97 Å². The summed E-state index contributed by atoms with van der Waals surface area (Å²) in [7, 11) is 1.23. The van der Waals surface area contributed by atoms with Crippen molar-refractivity contribution in [2.24, 2.45) is 5.41 Å². The molecule has 3 nitrogen and oxygen atoms in total. The second kappa shape index (κ2) is 4.61. The zero-order valence-electron chi connectivity index (χ0n) is 9.53. The largest absolute Gasteiger partial charge is 0.469 e. The molecule has 88 valence electrons. The highest BCUT2D eigenvalue weighted by molar-refractivity contribution is 5.76. The Balaban J connectivity index is 3.07. The Bertz CT molecular complexity index is 388. The predicted molar refractivity (Wildman–Crippen MR) is 57.2 cm³/mol. The number of aliphatic hydroxyl groups excluding tert-OH is 1. The minimum absolute atomic E-state index is 0.0953. The SMILES string of the molecule is COC(=O)C(C)(C)[C@@H](O)c1ccccc1F. The number of hydrogen-bond acceptors (Lipinski definition) is 3. The first-order valence-electron chi connectivity index (χ1n) is 4.92. The molecule has 1 atom stereocenters. The predicted octanol–water partition coefficient (Wildman–Crippen LogP) is 2.06. The number of benzene rings is 1. The van der Waals surface area contributed by atoms with Gasteiger partial charge in [0, 0.05) is 5.56 Å². The summed E-state index contributed by atoms with van der Waals surface area (Å²) in [4.78, 5) is 11.5. The van der Waals surface area contributed by atoms with E-state index < -0.39 is 23.3 Å². The first-order valence-corrected chi connectivity index (χ1v) is 4.92. The Morgan fingerprint density at radius 3 is 2.50 bits per heavy atom. The lowest BCUT2D eigenvalue weighted by atomic mass is 9.82. The second-order valence-corrected chi connectivity index (χ2v) is 4.14. The van der Waals surface area contributed by atoms with Crippen molar-refractivity contribution in [1.29, 1.82) is 0 Å². The fourth-order valence-corrected chi connectivity index (χ4v) is 1.46. The lowest BCUT2D eigenvalue weighted by Gasteiger charge is -2.27. The van der Waals surface area contributed by atoms with Crippen LogP contribution in [0.4, 0.5) is 4.39 Å². The summed E-state index contributed by atoms with van der Waals surface area (Å²) in [6.45, 7) is 3.02. The van der Waals surface area contributed by atoms with Gasteiger partial charge in [-0.3, -0.25) is 4.79 Å². The normalized spacial score (nSPS) is 13.3. The summed E-state index contributed by atoms with van der Waals surface area (Å²) in [5, 5.41) is 9.99. The van der Waals surface area contributed by atoms with E-state index in [2.05, 4.69) is 4.74 Å². The van der Waals surface area contributed by atoms with Crippen LogP contribution >= 0.6 is 0 Å². The van der Waals surface area contributed by atoms with Crippen LogP contribution in [0, 0.1) is 11.2 Å². The van der Waals surface area contributed by atoms with Gasteiger partial charge in [0.15, 0.2) is 0 Å². The van der Waals surface area contributed by atoms with E-state index in [9.17, 15) is 14.3 Å². The Hall–Kier alpha value is -1.42. The number of esters is 1. The number of carbonyl (C=O) groups is 1. The number of aliphatic hydroxyl groups is 1. The van der Waals surface area contributed by atoms with Gasteiger partial charge in [0.2, 0.25) is 0 Å². The molecule has 0 spiro atoms. The monoisotopic (exact) mass is 226 g/mol. The van der Waals surface area contributed by atoms with Crippen molar-refractivity contribution in [2.75, 3.05) is 7.11 Å². The van der Waals surface area contributed by atoms with E-state index in [0.29, 0.717) is 0 Å². The molecule has 0 unspecified atom stereocenters. The summed E-state index contributed by atoms with van der Waals surface area (Å²) >= 11 is 0.